The summed E-state index contributed by atoms with van der Waals surface area (Å²) < 4.78 is 5.51. The lowest BCUT2D eigenvalue weighted by Gasteiger charge is -2.26. The Hall–Kier alpha value is -1.55. The minimum atomic E-state index is 0.764. The molecular formula is C23H36N2OS. The summed E-state index contributed by atoms with van der Waals surface area (Å²) in [6, 6.07) is 6.24. The number of methoxy groups -OCH3 is 1. The molecule has 0 aliphatic carbocycles. The Bertz CT molecular complexity index is 614. The van der Waals surface area contributed by atoms with Gasteiger partial charge in [0.1, 0.15) is 5.75 Å². The standard InChI is InChI=1S/C23H36N2OS/c1-4-5-6-7-8-9-11-20(2)13-16-25(21-12-10-15-24-18-21)19-23-22(26-3)14-17-27-23/h10,12,14-15,17-18,20H,4-9,11,13,16,19H2,1-3H3. The molecule has 0 N–H and O–H groups in total. The summed E-state index contributed by atoms with van der Waals surface area (Å²) in [6.07, 6.45) is 14.7. The van der Waals surface area contributed by atoms with Crippen molar-refractivity contribution in [2.45, 2.75) is 71.8 Å². The average molecular weight is 389 g/mol. The molecule has 2 rings (SSSR count). The lowest BCUT2D eigenvalue weighted by atomic mass is 9.98. The monoisotopic (exact) mass is 388 g/mol. The van der Waals surface area contributed by atoms with E-state index >= 15 is 0 Å². The van der Waals surface area contributed by atoms with E-state index < -0.39 is 0 Å². The van der Waals surface area contributed by atoms with Crippen LogP contribution in [-0.2, 0) is 6.54 Å². The lowest BCUT2D eigenvalue weighted by Crippen LogP contribution is -2.25. The van der Waals surface area contributed by atoms with Gasteiger partial charge in [-0.25, -0.2) is 0 Å². The molecule has 27 heavy (non-hydrogen) atoms. The number of ether oxygens (including phenoxy) is 1. The Balaban J connectivity index is 1.83. The van der Waals surface area contributed by atoms with Gasteiger partial charge in [-0.05, 0) is 35.9 Å². The minimum absolute atomic E-state index is 0.764. The Morgan fingerprint density at radius 3 is 2.67 bits per heavy atom. The van der Waals surface area contributed by atoms with Crippen molar-refractivity contribution < 1.29 is 4.74 Å². The van der Waals surface area contributed by atoms with Crippen LogP contribution in [0.3, 0.4) is 0 Å². The molecule has 4 heteroatoms. The molecule has 0 spiro atoms. The Kier molecular flexibility index (Phi) is 10.3. The average Bonchev–Trinajstić information content (AvgIpc) is 3.15. The minimum Gasteiger partial charge on any atom is -0.496 e. The highest BCUT2D eigenvalue weighted by Gasteiger charge is 2.14. The molecule has 0 fully saturated rings. The summed E-state index contributed by atoms with van der Waals surface area (Å²) in [7, 11) is 1.75. The number of aromatic nitrogens is 1. The number of rotatable bonds is 14. The number of nitrogens with zero attached hydrogens (tertiary/aromatic N) is 2. The zero-order chi connectivity index (χ0) is 19.3. The molecule has 1 atom stereocenters. The van der Waals surface area contributed by atoms with Crippen LogP contribution in [0.1, 0.15) is 70.1 Å². The van der Waals surface area contributed by atoms with Gasteiger partial charge < -0.3 is 9.64 Å². The van der Waals surface area contributed by atoms with Gasteiger partial charge in [-0.3, -0.25) is 4.98 Å². The molecule has 2 aromatic rings. The SMILES string of the molecule is CCCCCCCCC(C)CCN(Cc1sccc1OC)c1cccnc1. The van der Waals surface area contributed by atoms with Crippen molar-refractivity contribution in [3.8, 4) is 5.75 Å². The first-order chi connectivity index (χ1) is 13.2. The van der Waals surface area contributed by atoms with Crippen LogP contribution in [0.4, 0.5) is 5.69 Å². The Morgan fingerprint density at radius 1 is 1.11 bits per heavy atom. The van der Waals surface area contributed by atoms with Crippen LogP contribution >= 0.6 is 11.3 Å². The molecule has 0 aliphatic heterocycles. The quantitative estimate of drug-likeness (QED) is 0.328. The second-order valence-corrected chi connectivity index (χ2v) is 8.50. The van der Waals surface area contributed by atoms with Crippen molar-refractivity contribution >= 4 is 17.0 Å². The molecule has 0 saturated heterocycles. The summed E-state index contributed by atoms with van der Waals surface area (Å²) in [6.45, 7) is 6.63. The maximum atomic E-state index is 5.51. The molecule has 150 valence electrons. The van der Waals surface area contributed by atoms with Gasteiger partial charge in [0.2, 0.25) is 0 Å². The molecular weight excluding hydrogens is 352 g/mol. The summed E-state index contributed by atoms with van der Waals surface area (Å²) >= 11 is 1.77. The van der Waals surface area contributed by atoms with Crippen molar-refractivity contribution in [1.82, 2.24) is 4.98 Å². The van der Waals surface area contributed by atoms with E-state index in [1.165, 1.54) is 61.9 Å². The molecule has 0 bridgehead atoms. The summed E-state index contributed by atoms with van der Waals surface area (Å²) in [4.78, 5) is 8.05. The summed E-state index contributed by atoms with van der Waals surface area (Å²) in [5.74, 6) is 1.76. The predicted molar refractivity (Wildman–Crippen MR) is 118 cm³/mol. The van der Waals surface area contributed by atoms with E-state index in [0.717, 1.165) is 24.8 Å². The van der Waals surface area contributed by atoms with Crippen molar-refractivity contribution in [3.63, 3.8) is 0 Å². The second-order valence-electron chi connectivity index (χ2n) is 7.50. The van der Waals surface area contributed by atoms with E-state index in [9.17, 15) is 0 Å². The number of pyridine rings is 1. The zero-order valence-corrected chi connectivity index (χ0v) is 18.1. The van der Waals surface area contributed by atoms with Crippen molar-refractivity contribution in [2.75, 3.05) is 18.6 Å². The maximum absolute atomic E-state index is 5.51. The smallest absolute Gasteiger partial charge is 0.134 e. The molecule has 2 heterocycles. The van der Waals surface area contributed by atoms with Gasteiger partial charge in [0, 0.05) is 12.7 Å². The number of anilines is 1. The van der Waals surface area contributed by atoms with E-state index in [-0.39, 0.29) is 0 Å². The highest BCUT2D eigenvalue weighted by molar-refractivity contribution is 7.10. The third-order valence-corrected chi connectivity index (χ3v) is 6.10. The van der Waals surface area contributed by atoms with Crippen molar-refractivity contribution in [1.29, 1.82) is 0 Å². The topological polar surface area (TPSA) is 25.4 Å². The first kappa shape index (κ1) is 21.7. The van der Waals surface area contributed by atoms with E-state index in [4.69, 9.17) is 4.74 Å². The van der Waals surface area contributed by atoms with Crippen LogP contribution < -0.4 is 9.64 Å². The number of hydrogen-bond donors (Lipinski definition) is 0. The van der Waals surface area contributed by atoms with Crippen LogP contribution in [0, 0.1) is 5.92 Å². The fraction of sp³-hybridized carbons (Fsp3) is 0.609. The normalized spacial score (nSPS) is 12.1. The third-order valence-electron chi connectivity index (χ3n) is 5.21. The number of thiophene rings is 1. The predicted octanol–water partition coefficient (Wildman–Crippen LogP) is 6.94. The van der Waals surface area contributed by atoms with Gasteiger partial charge in [-0.15, -0.1) is 11.3 Å². The highest BCUT2D eigenvalue weighted by Crippen LogP contribution is 2.28. The van der Waals surface area contributed by atoms with Crippen LogP contribution in [0.15, 0.2) is 36.0 Å². The van der Waals surface area contributed by atoms with Gasteiger partial charge in [0.25, 0.3) is 0 Å². The molecule has 2 aromatic heterocycles. The molecule has 0 aromatic carbocycles. The first-order valence-electron chi connectivity index (χ1n) is 10.5. The lowest BCUT2D eigenvalue weighted by molar-refractivity contribution is 0.411. The molecule has 3 nitrogen and oxygen atoms in total. The summed E-state index contributed by atoms with van der Waals surface area (Å²) in [5, 5.41) is 2.11. The Morgan fingerprint density at radius 2 is 1.93 bits per heavy atom. The largest absolute Gasteiger partial charge is 0.496 e. The van der Waals surface area contributed by atoms with Gasteiger partial charge in [-0.2, -0.15) is 0 Å². The van der Waals surface area contributed by atoms with Crippen LogP contribution in [0.2, 0.25) is 0 Å². The van der Waals surface area contributed by atoms with E-state index in [2.05, 4.69) is 41.2 Å². The molecule has 0 amide bonds. The van der Waals surface area contributed by atoms with E-state index in [0.29, 0.717) is 0 Å². The van der Waals surface area contributed by atoms with Crippen molar-refractivity contribution in [2.24, 2.45) is 5.92 Å². The zero-order valence-electron chi connectivity index (χ0n) is 17.3. The van der Waals surface area contributed by atoms with Gasteiger partial charge in [0.15, 0.2) is 0 Å². The molecule has 1 unspecified atom stereocenters. The number of hydrogen-bond acceptors (Lipinski definition) is 4. The number of unbranched alkanes of at least 4 members (excludes halogenated alkanes) is 5. The molecule has 0 aliphatic rings. The third kappa shape index (κ3) is 7.92. The second kappa shape index (κ2) is 12.8. The molecule has 0 radical (unpaired) electrons. The Labute approximate surface area is 169 Å². The van der Waals surface area contributed by atoms with E-state index in [1.54, 1.807) is 18.4 Å². The molecule has 0 saturated carbocycles. The fourth-order valence-electron chi connectivity index (χ4n) is 3.43. The fourth-order valence-corrected chi connectivity index (χ4v) is 4.29. The van der Waals surface area contributed by atoms with Crippen LogP contribution in [0.5, 0.6) is 5.75 Å². The summed E-state index contributed by atoms with van der Waals surface area (Å²) in [5.41, 5.74) is 1.19. The highest BCUT2D eigenvalue weighted by atomic mass is 32.1. The maximum Gasteiger partial charge on any atom is 0.134 e. The van der Waals surface area contributed by atoms with Crippen molar-refractivity contribution in [3.05, 3.63) is 40.8 Å². The van der Waals surface area contributed by atoms with Crippen LogP contribution in [0.25, 0.3) is 0 Å². The van der Waals surface area contributed by atoms with Gasteiger partial charge in [0.05, 0.1) is 30.4 Å². The van der Waals surface area contributed by atoms with E-state index in [1.807, 2.05) is 18.5 Å². The van der Waals surface area contributed by atoms with Gasteiger partial charge in [-0.1, -0.05) is 58.8 Å². The van der Waals surface area contributed by atoms with Crippen LogP contribution in [-0.4, -0.2) is 18.6 Å². The first-order valence-corrected chi connectivity index (χ1v) is 11.4. The van der Waals surface area contributed by atoms with Gasteiger partial charge >= 0.3 is 0 Å².